The minimum Gasteiger partial charge on any atom is -0.480 e. The number of nitrogens with two attached hydrogens (primary N) is 1. The zero-order chi connectivity index (χ0) is 20.9. The fourth-order valence-corrected chi connectivity index (χ4v) is 2.98. The van der Waals surface area contributed by atoms with Crippen molar-refractivity contribution >= 4 is 23.7 Å². The molecule has 5 N–H and O–H groups in total. The van der Waals surface area contributed by atoms with Gasteiger partial charge in [0.05, 0.1) is 6.10 Å². The maximum atomic E-state index is 13.0. The Hall–Kier alpha value is -2.20. The molecule has 4 atom stereocenters. The summed E-state index contributed by atoms with van der Waals surface area (Å²) in [4.78, 5) is 51.0. The van der Waals surface area contributed by atoms with Gasteiger partial charge in [-0.1, -0.05) is 13.8 Å². The lowest BCUT2D eigenvalue weighted by Gasteiger charge is -2.32. The minimum absolute atomic E-state index is 0.268. The van der Waals surface area contributed by atoms with E-state index in [1.165, 1.54) is 18.9 Å². The van der Waals surface area contributed by atoms with Gasteiger partial charge in [0.2, 0.25) is 17.7 Å². The summed E-state index contributed by atoms with van der Waals surface area (Å²) in [5, 5.41) is 20.9. The molecule has 1 aliphatic rings. The third-order valence-electron chi connectivity index (χ3n) is 4.62. The first-order valence-electron chi connectivity index (χ1n) is 8.98. The monoisotopic (exact) mass is 386 g/mol. The number of aliphatic hydroxyl groups is 1. The molecule has 10 heteroatoms. The number of hydrogen-bond donors (Lipinski definition) is 4. The predicted octanol–water partition coefficient (Wildman–Crippen LogP) is -1.63. The number of amides is 3. The van der Waals surface area contributed by atoms with Crippen LogP contribution in [0.1, 0.15) is 33.6 Å². The van der Waals surface area contributed by atoms with Crippen LogP contribution in [0.3, 0.4) is 0 Å². The standard InChI is InChI=1S/C17H30N4O6/c1-9(2)14(19-15(25)13(18)10(3)22)17(27)21-7-5-6-11(21)16(26)20(4)8-12(23)24/h9-11,13-14,22H,5-8,18H2,1-4H3,(H,19,25)(H,23,24)/t10-,11+,13+,14+/m1/s1. The first-order valence-corrected chi connectivity index (χ1v) is 8.98. The number of carboxylic acids is 1. The Labute approximate surface area is 158 Å². The lowest BCUT2D eigenvalue weighted by molar-refractivity contribution is -0.149. The van der Waals surface area contributed by atoms with Crippen LogP contribution in [0.2, 0.25) is 0 Å². The number of aliphatic hydroxyl groups excluding tert-OH is 1. The summed E-state index contributed by atoms with van der Waals surface area (Å²) < 4.78 is 0. The number of likely N-dealkylation sites (N-methyl/N-ethyl adjacent to an activating group) is 1. The average Bonchev–Trinajstić information content (AvgIpc) is 3.05. The number of aliphatic carboxylic acids is 1. The molecule has 1 rings (SSSR count). The van der Waals surface area contributed by atoms with Crippen LogP contribution in [0.25, 0.3) is 0 Å². The van der Waals surface area contributed by atoms with Crippen molar-refractivity contribution in [3.05, 3.63) is 0 Å². The zero-order valence-electron chi connectivity index (χ0n) is 16.2. The minimum atomic E-state index is -1.17. The topological polar surface area (TPSA) is 153 Å². The Bertz CT molecular complexity index is 580. The van der Waals surface area contributed by atoms with Crippen molar-refractivity contribution in [1.82, 2.24) is 15.1 Å². The molecule has 1 aliphatic heterocycles. The van der Waals surface area contributed by atoms with Crippen LogP contribution in [-0.4, -0.2) is 88.1 Å². The van der Waals surface area contributed by atoms with E-state index in [0.29, 0.717) is 19.4 Å². The second-order valence-electron chi connectivity index (χ2n) is 7.27. The Morgan fingerprint density at radius 1 is 1.26 bits per heavy atom. The molecule has 0 unspecified atom stereocenters. The molecule has 0 aliphatic carbocycles. The molecule has 0 spiro atoms. The molecule has 1 fully saturated rings. The Morgan fingerprint density at radius 2 is 1.85 bits per heavy atom. The van der Waals surface area contributed by atoms with Crippen LogP contribution >= 0.6 is 0 Å². The summed E-state index contributed by atoms with van der Waals surface area (Å²) in [6.07, 6.45) is -0.0335. The largest absolute Gasteiger partial charge is 0.480 e. The summed E-state index contributed by atoms with van der Waals surface area (Å²) in [6, 6.07) is -2.83. The SMILES string of the molecule is CC(C)[C@H](NC(=O)[C@@H](N)[C@@H](C)O)C(=O)N1CCC[C@H]1C(=O)N(C)CC(=O)O. The van der Waals surface area contributed by atoms with Crippen molar-refractivity contribution in [2.45, 2.75) is 57.8 Å². The van der Waals surface area contributed by atoms with Gasteiger partial charge in [-0.3, -0.25) is 19.2 Å². The normalized spacial score (nSPS) is 20.1. The first-order chi connectivity index (χ1) is 12.5. The van der Waals surface area contributed by atoms with E-state index < -0.39 is 54.5 Å². The lowest BCUT2D eigenvalue weighted by Crippen LogP contribution is -2.58. The number of nitrogens with one attached hydrogen (secondary N) is 1. The van der Waals surface area contributed by atoms with Gasteiger partial charge in [-0.25, -0.2) is 0 Å². The van der Waals surface area contributed by atoms with E-state index in [-0.39, 0.29) is 5.92 Å². The zero-order valence-corrected chi connectivity index (χ0v) is 16.2. The number of likely N-dealkylation sites (tertiary alicyclic amines) is 1. The molecule has 0 aromatic carbocycles. The van der Waals surface area contributed by atoms with Gasteiger partial charge in [-0.15, -0.1) is 0 Å². The lowest BCUT2D eigenvalue weighted by atomic mass is 10.0. The highest BCUT2D eigenvalue weighted by atomic mass is 16.4. The number of carbonyl (C=O) groups excluding carboxylic acids is 3. The van der Waals surface area contributed by atoms with E-state index in [2.05, 4.69) is 5.32 Å². The highest BCUT2D eigenvalue weighted by Crippen LogP contribution is 2.22. The molecule has 10 nitrogen and oxygen atoms in total. The van der Waals surface area contributed by atoms with Gasteiger partial charge in [0, 0.05) is 13.6 Å². The van der Waals surface area contributed by atoms with Crippen molar-refractivity contribution in [3.63, 3.8) is 0 Å². The summed E-state index contributed by atoms with van der Waals surface area (Å²) in [5.41, 5.74) is 5.62. The van der Waals surface area contributed by atoms with Crippen LogP contribution in [0.15, 0.2) is 0 Å². The molecule has 0 aromatic rings. The number of hydrogen-bond acceptors (Lipinski definition) is 6. The van der Waals surface area contributed by atoms with E-state index >= 15 is 0 Å². The van der Waals surface area contributed by atoms with E-state index in [4.69, 9.17) is 10.8 Å². The molecule has 27 heavy (non-hydrogen) atoms. The molecule has 154 valence electrons. The molecule has 0 bridgehead atoms. The third-order valence-corrected chi connectivity index (χ3v) is 4.62. The summed E-state index contributed by atoms with van der Waals surface area (Å²) in [5.74, 6) is -2.92. The van der Waals surface area contributed by atoms with Crippen molar-refractivity contribution in [2.75, 3.05) is 20.1 Å². The van der Waals surface area contributed by atoms with Gasteiger partial charge in [0.1, 0.15) is 24.7 Å². The van der Waals surface area contributed by atoms with E-state index in [0.717, 1.165) is 4.90 Å². The number of nitrogens with zero attached hydrogens (tertiary/aromatic N) is 2. The molecular weight excluding hydrogens is 356 g/mol. The van der Waals surface area contributed by atoms with Crippen molar-refractivity contribution in [1.29, 1.82) is 0 Å². The average molecular weight is 386 g/mol. The summed E-state index contributed by atoms with van der Waals surface area (Å²) in [6.45, 7) is 4.77. The van der Waals surface area contributed by atoms with Crippen LogP contribution in [-0.2, 0) is 19.2 Å². The fraction of sp³-hybridized carbons (Fsp3) is 0.765. The maximum absolute atomic E-state index is 13.0. The van der Waals surface area contributed by atoms with Crippen molar-refractivity contribution < 1.29 is 29.4 Å². The van der Waals surface area contributed by atoms with Gasteiger partial charge < -0.3 is 31.1 Å². The maximum Gasteiger partial charge on any atom is 0.323 e. The third kappa shape index (κ3) is 5.90. The molecule has 1 heterocycles. The van der Waals surface area contributed by atoms with Crippen LogP contribution in [0.4, 0.5) is 0 Å². The first kappa shape index (κ1) is 22.8. The number of rotatable bonds is 8. The van der Waals surface area contributed by atoms with Gasteiger partial charge >= 0.3 is 5.97 Å². The van der Waals surface area contributed by atoms with Gasteiger partial charge in [0.25, 0.3) is 0 Å². The van der Waals surface area contributed by atoms with Gasteiger partial charge in [-0.2, -0.15) is 0 Å². The van der Waals surface area contributed by atoms with E-state index in [1.807, 2.05) is 0 Å². The molecule has 0 saturated carbocycles. The molecule has 1 saturated heterocycles. The summed E-state index contributed by atoms with van der Waals surface area (Å²) in [7, 11) is 1.38. The van der Waals surface area contributed by atoms with Crippen LogP contribution in [0.5, 0.6) is 0 Å². The molecule has 0 aromatic heterocycles. The summed E-state index contributed by atoms with van der Waals surface area (Å²) >= 11 is 0. The van der Waals surface area contributed by atoms with E-state index in [9.17, 15) is 24.3 Å². The molecule has 3 amide bonds. The highest BCUT2D eigenvalue weighted by molar-refractivity contribution is 5.94. The quantitative estimate of drug-likeness (QED) is 0.390. The fourth-order valence-electron chi connectivity index (χ4n) is 2.98. The van der Waals surface area contributed by atoms with Gasteiger partial charge in [0.15, 0.2) is 0 Å². The van der Waals surface area contributed by atoms with Crippen LogP contribution < -0.4 is 11.1 Å². The number of carbonyl (C=O) groups is 4. The second kappa shape index (κ2) is 9.65. The van der Waals surface area contributed by atoms with Crippen molar-refractivity contribution in [2.24, 2.45) is 11.7 Å². The Kier molecular flexibility index (Phi) is 8.17. The van der Waals surface area contributed by atoms with Crippen molar-refractivity contribution in [3.8, 4) is 0 Å². The smallest absolute Gasteiger partial charge is 0.323 e. The van der Waals surface area contributed by atoms with E-state index in [1.54, 1.807) is 13.8 Å². The molecule has 0 radical (unpaired) electrons. The van der Waals surface area contributed by atoms with Crippen LogP contribution in [0, 0.1) is 5.92 Å². The second-order valence-corrected chi connectivity index (χ2v) is 7.27. The molecular formula is C17H30N4O6. The highest BCUT2D eigenvalue weighted by Gasteiger charge is 2.40. The predicted molar refractivity (Wildman–Crippen MR) is 96.4 cm³/mol. The Balaban J connectivity index is 2.92. The van der Waals surface area contributed by atoms with Gasteiger partial charge in [-0.05, 0) is 25.7 Å². The number of carboxylic acid groups (broad SMARTS) is 1. The Morgan fingerprint density at radius 3 is 2.33 bits per heavy atom.